The molecule has 2 atom stereocenters. The average molecular weight is 529 g/mol. The topological polar surface area (TPSA) is 68.2 Å². The van der Waals surface area contributed by atoms with E-state index in [4.69, 9.17) is 32.2 Å². The number of hydrogen-bond donors (Lipinski definition) is 2. The molecular weight excluding hydrogens is 488 g/mol. The van der Waals surface area contributed by atoms with Crippen LogP contribution in [0.2, 0.25) is 0 Å². The van der Waals surface area contributed by atoms with Crippen LogP contribution >= 0.6 is 11.6 Å². The number of aliphatic hydroxyl groups excluding tert-OH is 2. The number of rotatable bonds is 12. The number of aliphatic hydroxyl groups is 2. The van der Waals surface area contributed by atoms with Gasteiger partial charge in [-0.15, -0.1) is 18.0 Å². The predicted octanol–water partition coefficient (Wildman–Crippen LogP) is 5.54. The Morgan fingerprint density at radius 2 is 1.27 bits per heavy atom. The van der Waals surface area contributed by atoms with Gasteiger partial charge in [0.15, 0.2) is 0 Å². The summed E-state index contributed by atoms with van der Waals surface area (Å²) in [6.07, 6.45) is 9.54. The zero-order valence-corrected chi connectivity index (χ0v) is 23.4. The summed E-state index contributed by atoms with van der Waals surface area (Å²) in [5.41, 5.74) is 6.77. The lowest BCUT2D eigenvalue weighted by atomic mass is 9.64. The summed E-state index contributed by atoms with van der Waals surface area (Å²) in [5.74, 6) is 4.17. The molecule has 0 spiro atoms. The standard InChI is InChI=1S/C31H41ClO5/c1-6-12-35-18-28(34)20-37-30-23(4)15-26(16-24(30)5)31(10-8-7-9-11-31)25-13-21(2)29(22(3)14-25)36-19-27(33)17-32/h1,13-16,27-28,33-34H,7-12,17-20H2,2-5H3. The highest BCUT2D eigenvalue weighted by molar-refractivity contribution is 6.18. The Hall–Kier alpha value is -2.23. The van der Waals surface area contributed by atoms with Crippen molar-refractivity contribution < 1.29 is 24.4 Å². The van der Waals surface area contributed by atoms with E-state index in [0.717, 1.165) is 46.6 Å². The first-order chi connectivity index (χ1) is 17.7. The zero-order chi connectivity index (χ0) is 27.0. The van der Waals surface area contributed by atoms with Gasteiger partial charge in [-0.3, -0.25) is 0 Å². The third kappa shape index (κ3) is 7.21. The molecule has 0 amide bonds. The second-order valence-electron chi connectivity index (χ2n) is 10.3. The van der Waals surface area contributed by atoms with Gasteiger partial charge in [0, 0.05) is 5.41 Å². The zero-order valence-electron chi connectivity index (χ0n) is 22.6. The van der Waals surface area contributed by atoms with Crippen molar-refractivity contribution in [3.63, 3.8) is 0 Å². The molecule has 3 rings (SSSR count). The van der Waals surface area contributed by atoms with E-state index >= 15 is 0 Å². The van der Waals surface area contributed by atoms with Crippen LogP contribution < -0.4 is 9.47 Å². The van der Waals surface area contributed by atoms with Gasteiger partial charge < -0.3 is 24.4 Å². The molecule has 1 aliphatic rings. The third-order valence-corrected chi connectivity index (χ3v) is 7.60. The molecule has 0 heterocycles. The van der Waals surface area contributed by atoms with E-state index in [1.807, 2.05) is 0 Å². The van der Waals surface area contributed by atoms with Gasteiger partial charge in [-0.25, -0.2) is 0 Å². The highest BCUT2D eigenvalue weighted by Gasteiger charge is 2.37. The summed E-state index contributed by atoms with van der Waals surface area (Å²) >= 11 is 5.74. The fraction of sp³-hybridized carbons (Fsp3) is 0.548. The van der Waals surface area contributed by atoms with E-state index in [1.54, 1.807) is 0 Å². The van der Waals surface area contributed by atoms with Crippen LogP contribution in [-0.2, 0) is 10.2 Å². The maximum Gasteiger partial charge on any atom is 0.125 e. The highest BCUT2D eigenvalue weighted by Crippen LogP contribution is 2.47. The van der Waals surface area contributed by atoms with Crippen LogP contribution in [0.15, 0.2) is 24.3 Å². The smallest absolute Gasteiger partial charge is 0.125 e. The van der Waals surface area contributed by atoms with Crippen molar-refractivity contribution in [3.05, 3.63) is 57.6 Å². The summed E-state index contributed by atoms with van der Waals surface area (Å²) in [7, 11) is 0. The molecule has 202 valence electrons. The first-order valence-electron chi connectivity index (χ1n) is 13.1. The van der Waals surface area contributed by atoms with Crippen LogP contribution in [0.3, 0.4) is 0 Å². The van der Waals surface area contributed by atoms with E-state index in [9.17, 15) is 10.2 Å². The molecule has 1 aliphatic carbocycles. The molecule has 1 saturated carbocycles. The van der Waals surface area contributed by atoms with Crippen molar-refractivity contribution in [3.8, 4) is 23.8 Å². The number of ether oxygens (including phenoxy) is 3. The first-order valence-corrected chi connectivity index (χ1v) is 13.7. The van der Waals surface area contributed by atoms with E-state index in [1.165, 1.54) is 30.4 Å². The lowest BCUT2D eigenvalue weighted by Gasteiger charge is -2.40. The monoisotopic (exact) mass is 528 g/mol. The Kier molecular flexibility index (Phi) is 10.7. The minimum absolute atomic E-state index is 0.0847. The molecule has 2 unspecified atom stereocenters. The van der Waals surface area contributed by atoms with Crippen LogP contribution in [0, 0.1) is 40.0 Å². The summed E-state index contributed by atoms with van der Waals surface area (Å²) in [6.45, 7) is 8.93. The fourth-order valence-corrected chi connectivity index (χ4v) is 5.60. The van der Waals surface area contributed by atoms with Gasteiger partial charge >= 0.3 is 0 Å². The van der Waals surface area contributed by atoms with E-state index in [2.05, 4.69) is 57.9 Å². The van der Waals surface area contributed by atoms with Gasteiger partial charge in [0.2, 0.25) is 0 Å². The maximum atomic E-state index is 10.2. The largest absolute Gasteiger partial charge is 0.490 e. The Bertz CT molecular complexity index is 1040. The Morgan fingerprint density at radius 3 is 1.70 bits per heavy atom. The highest BCUT2D eigenvalue weighted by atomic mass is 35.5. The molecule has 0 radical (unpaired) electrons. The first kappa shape index (κ1) is 29.3. The van der Waals surface area contributed by atoms with Gasteiger partial charge in [-0.05, 0) is 73.9 Å². The average Bonchev–Trinajstić information content (AvgIpc) is 2.87. The molecule has 37 heavy (non-hydrogen) atoms. The molecule has 0 aromatic heterocycles. The van der Waals surface area contributed by atoms with Crippen LogP contribution in [0.1, 0.15) is 65.5 Å². The lowest BCUT2D eigenvalue weighted by molar-refractivity contribution is 0.0226. The van der Waals surface area contributed by atoms with Gasteiger partial charge in [0.25, 0.3) is 0 Å². The molecule has 2 N–H and O–H groups in total. The third-order valence-electron chi connectivity index (χ3n) is 7.25. The predicted molar refractivity (Wildman–Crippen MR) is 149 cm³/mol. The SMILES string of the molecule is C#CCOCC(O)COc1c(C)cc(C2(c3cc(C)c(OCC(O)CCl)c(C)c3)CCCCC2)cc1C. The van der Waals surface area contributed by atoms with E-state index in [-0.39, 0.29) is 37.7 Å². The molecule has 1 fully saturated rings. The Labute approximate surface area is 227 Å². The van der Waals surface area contributed by atoms with Crippen molar-refractivity contribution in [1.82, 2.24) is 0 Å². The van der Waals surface area contributed by atoms with Crippen LogP contribution in [-0.4, -0.2) is 54.7 Å². The molecule has 2 aromatic carbocycles. The number of alkyl halides is 1. The van der Waals surface area contributed by atoms with Crippen molar-refractivity contribution in [2.24, 2.45) is 0 Å². The van der Waals surface area contributed by atoms with Crippen molar-refractivity contribution >= 4 is 11.6 Å². The van der Waals surface area contributed by atoms with Gasteiger partial charge in [-0.1, -0.05) is 49.4 Å². The summed E-state index contributed by atoms with van der Waals surface area (Å²) < 4.78 is 17.2. The van der Waals surface area contributed by atoms with E-state index in [0.29, 0.717) is 0 Å². The minimum Gasteiger partial charge on any atom is -0.490 e. The summed E-state index contributed by atoms with van der Waals surface area (Å²) in [4.78, 5) is 0. The number of terminal acetylenes is 1. The fourth-order valence-electron chi connectivity index (χ4n) is 5.51. The molecule has 6 heteroatoms. The van der Waals surface area contributed by atoms with Gasteiger partial charge in [0.05, 0.1) is 12.5 Å². The lowest BCUT2D eigenvalue weighted by Crippen LogP contribution is -2.31. The van der Waals surface area contributed by atoms with Gasteiger partial charge in [0.1, 0.15) is 43.5 Å². The summed E-state index contributed by atoms with van der Waals surface area (Å²) in [5, 5.41) is 20.0. The molecule has 0 bridgehead atoms. The number of halogens is 1. The molecule has 0 aliphatic heterocycles. The van der Waals surface area contributed by atoms with Gasteiger partial charge in [-0.2, -0.15) is 0 Å². The van der Waals surface area contributed by atoms with Crippen molar-refractivity contribution in [1.29, 1.82) is 0 Å². The summed E-state index contributed by atoms with van der Waals surface area (Å²) in [6, 6.07) is 9.01. The molecule has 5 nitrogen and oxygen atoms in total. The number of aryl methyl sites for hydroxylation is 4. The second-order valence-corrected chi connectivity index (χ2v) is 10.6. The van der Waals surface area contributed by atoms with Crippen LogP contribution in [0.5, 0.6) is 11.5 Å². The second kappa shape index (κ2) is 13.5. The number of hydrogen-bond acceptors (Lipinski definition) is 5. The van der Waals surface area contributed by atoms with Crippen molar-refractivity contribution in [2.75, 3.05) is 32.3 Å². The minimum atomic E-state index is -0.742. The molecular formula is C31H41ClO5. The Balaban J connectivity index is 1.90. The van der Waals surface area contributed by atoms with Crippen LogP contribution in [0.25, 0.3) is 0 Å². The van der Waals surface area contributed by atoms with E-state index < -0.39 is 12.2 Å². The van der Waals surface area contributed by atoms with Crippen molar-refractivity contribution in [2.45, 2.75) is 77.4 Å². The molecule has 2 aromatic rings. The van der Waals surface area contributed by atoms with Crippen LogP contribution in [0.4, 0.5) is 0 Å². The maximum absolute atomic E-state index is 10.2. The quantitative estimate of drug-likeness (QED) is 0.215. The Morgan fingerprint density at radius 1 is 0.811 bits per heavy atom. The number of benzene rings is 2. The molecule has 0 saturated heterocycles. The normalized spacial score (nSPS) is 16.6.